The highest BCUT2D eigenvalue weighted by molar-refractivity contribution is 7.89. The molecular formula is C21H20N2O6S2. The van der Waals surface area contributed by atoms with E-state index in [2.05, 4.69) is 10.0 Å². The molecule has 0 bridgehead atoms. The average molecular weight is 461 g/mol. The second-order valence-electron chi connectivity index (χ2n) is 7.02. The predicted molar refractivity (Wildman–Crippen MR) is 113 cm³/mol. The van der Waals surface area contributed by atoms with Gasteiger partial charge in [-0.2, -0.15) is 0 Å². The van der Waals surface area contributed by atoms with Crippen molar-refractivity contribution in [2.24, 2.45) is 0 Å². The molecule has 4 rings (SSSR count). The van der Waals surface area contributed by atoms with Gasteiger partial charge in [0, 0.05) is 10.9 Å². The Labute approximate surface area is 183 Å². The van der Waals surface area contributed by atoms with E-state index in [4.69, 9.17) is 9.15 Å². The van der Waals surface area contributed by atoms with Crippen LogP contribution in [0, 0.1) is 0 Å². The van der Waals surface area contributed by atoms with Gasteiger partial charge >= 0.3 is 5.97 Å². The van der Waals surface area contributed by atoms with Gasteiger partial charge in [0.05, 0.1) is 6.04 Å². The molecule has 1 atom stereocenters. The van der Waals surface area contributed by atoms with Crippen LogP contribution >= 0.6 is 11.3 Å². The minimum Gasteiger partial charge on any atom is -0.450 e. The third kappa shape index (κ3) is 5.40. The lowest BCUT2D eigenvalue weighted by molar-refractivity contribution is -0.124. The number of esters is 1. The van der Waals surface area contributed by atoms with Crippen molar-refractivity contribution in [1.82, 2.24) is 10.0 Å². The smallest absolute Gasteiger partial charge is 0.374 e. The van der Waals surface area contributed by atoms with Crippen molar-refractivity contribution in [2.75, 3.05) is 6.61 Å². The van der Waals surface area contributed by atoms with Crippen LogP contribution in [0.2, 0.25) is 0 Å². The van der Waals surface area contributed by atoms with Crippen molar-refractivity contribution in [2.45, 2.75) is 30.0 Å². The molecule has 1 aliphatic rings. The number of hydrogen-bond acceptors (Lipinski definition) is 7. The number of carbonyl (C=O) groups is 2. The fourth-order valence-corrected chi connectivity index (χ4v) is 4.92. The van der Waals surface area contributed by atoms with Gasteiger partial charge in [-0.3, -0.25) is 4.79 Å². The predicted octanol–water partition coefficient (Wildman–Crippen LogP) is 2.84. The van der Waals surface area contributed by atoms with Gasteiger partial charge < -0.3 is 14.5 Å². The van der Waals surface area contributed by atoms with Crippen LogP contribution in [0.5, 0.6) is 0 Å². The summed E-state index contributed by atoms with van der Waals surface area (Å²) in [4.78, 5) is 25.6. The van der Waals surface area contributed by atoms with Gasteiger partial charge in [0.25, 0.3) is 15.9 Å². The third-order valence-corrected chi connectivity index (χ3v) is 6.88. The number of benzene rings is 1. The molecule has 1 amide bonds. The van der Waals surface area contributed by atoms with E-state index in [-0.39, 0.29) is 22.9 Å². The lowest BCUT2D eigenvalue weighted by Gasteiger charge is -2.18. The summed E-state index contributed by atoms with van der Waals surface area (Å²) in [6.07, 6.45) is 1.55. The van der Waals surface area contributed by atoms with E-state index < -0.39 is 28.5 Å². The van der Waals surface area contributed by atoms with Crippen LogP contribution in [-0.4, -0.2) is 32.9 Å². The molecule has 3 aromatic rings. The highest BCUT2D eigenvalue weighted by Crippen LogP contribution is 2.26. The molecule has 2 N–H and O–H groups in total. The highest BCUT2D eigenvalue weighted by Gasteiger charge is 2.30. The van der Waals surface area contributed by atoms with Gasteiger partial charge in [-0.25, -0.2) is 17.9 Å². The van der Waals surface area contributed by atoms with Gasteiger partial charge in [0.15, 0.2) is 6.61 Å². The molecule has 1 saturated carbocycles. The van der Waals surface area contributed by atoms with Gasteiger partial charge in [-0.05, 0) is 42.0 Å². The summed E-state index contributed by atoms with van der Waals surface area (Å²) in [6, 6.07) is 15.2. The monoisotopic (exact) mass is 460 g/mol. The summed E-state index contributed by atoms with van der Waals surface area (Å²) in [6.45, 7) is -0.531. The number of hydrogen-bond donors (Lipinski definition) is 2. The van der Waals surface area contributed by atoms with E-state index in [0.29, 0.717) is 0 Å². The van der Waals surface area contributed by atoms with Crippen molar-refractivity contribution in [3.05, 3.63) is 76.2 Å². The maximum atomic E-state index is 12.4. The number of thiophene rings is 1. The standard InChI is InChI=1S/C21H20N2O6S2/c24-18(22-20(17-7-4-12-30-17)14-5-2-1-3-6-14)13-28-21(25)16-10-11-19(29-16)31(26,27)23-15-8-9-15/h1-7,10-12,15,20,23H,8-9,13H2,(H,22,24). The van der Waals surface area contributed by atoms with Crippen molar-refractivity contribution in [3.63, 3.8) is 0 Å². The zero-order chi connectivity index (χ0) is 21.8. The first-order valence-electron chi connectivity index (χ1n) is 9.59. The highest BCUT2D eigenvalue weighted by atomic mass is 32.2. The van der Waals surface area contributed by atoms with Gasteiger partial charge in [0.1, 0.15) is 0 Å². The Balaban J connectivity index is 1.36. The van der Waals surface area contributed by atoms with E-state index in [1.54, 1.807) is 0 Å². The van der Waals surface area contributed by atoms with Gasteiger partial charge in [-0.15, -0.1) is 11.3 Å². The minimum atomic E-state index is -3.82. The van der Waals surface area contributed by atoms with E-state index in [0.717, 1.165) is 23.3 Å². The maximum Gasteiger partial charge on any atom is 0.374 e. The second-order valence-corrected chi connectivity index (χ2v) is 9.64. The molecule has 0 saturated heterocycles. The molecule has 162 valence electrons. The number of rotatable bonds is 9. The Morgan fingerprint density at radius 2 is 1.87 bits per heavy atom. The number of carbonyl (C=O) groups excluding carboxylic acids is 2. The minimum absolute atomic E-state index is 0.0879. The summed E-state index contributed by atoms with van der Waals surface area (Å²) < 4.78 is 36.9. The molecule has 1 aromatic carbocycles. The van der Waals surface area contributed by atoms with Crippen molar-refractivity contribution >= 4 is 33.2 Å². The SMILES string of the molecule is O=C(COC(=O)c1ccc(S(=O)(=O)NC2CC2)o1)NC(c1ccccc1)c1cccs1. The molecule has 1 unspecified atom stereocenters. The van der Waals surface area contributed by atoms with E-state index in [9.17, 15) is 18.0 Å². The normalized spacial score (nSPS) is 14.7. The Hall–Kier alpha value is -2.95. The summed E-state index contributed by atoms with van der Waals surface area (Å²) in [5.41, 5.74) is 0.897. The van der Waals surface area contributed by atoms with E-state index in [1.165, 1.54) is 23.5 Å². The molecule has 1 fully saturated rings. The van der Waals surface area contributed by atoms with Crippen LogP contribution < -0.4 is 10.0 Å². The third-order valence-electron chi connectivity index (χ3n) is 4.55. The number of ether oxygens (including phenoxy) is 1. The van der Waals surface area contributed by atoms with E-state index >= 15 is 0 Å². The zero-order valence-corrected chi connectivity index (χ0v) is 17.9. The molecule has 31 heavy (non-hydrogen) atoms. The van der Waals surface area contributed by atoms with Crippen LogP contribution in [-0.2, 0) is 19.6 Å². The average Bonchev–Trinajstić information content (AvgIpc) is 3.23. The fraction of sp³-hybridized carbons (Fsp3) is 0.238. The van der Waals surface area contributed by atoms with Crippen molar-refractivity contribution in [3.8, 4) is 0 Å². The van der Waals surface area contributed by atoms with Crippen LogP contribution in [0.3, 0.4) is 0 Å². The Morgan fingerprint density at radius 3 is 2.55 bits per heavy atom. The topological polar surface area (TPSA) is 115 Å². The molecule has 2 heterocycles. The number of nitrogens with one attached hydrogen (secondary N) is 2. The summed E-state index contributed by atoms with van der Waals surface area (Å²) in [5.74, 6) is -1.71. The lowest BCUT2D eigenvalue weighted by Crippen LogP contribution is -2.32. The first-order valence-corrected chi connectivity index (χ1v) is 12.0. The van der Waals surface area contributed by atoms with Gasteiger partial charge in [-0.1, -0.05) is 36.4 Å². The van der Waals surface area contributed by atoms with Crippen LogP contribution in [0.1, 0.15) is 39.9 Å². The first kappa shape index (κ1) is 21.3. The van der Waals surface area contributed by atoms with Crippen LogP contribution in [0.25, 0.3) is 0 Å². The number of furan rings is 1. The van der Waals surface area contributed by atoms with Crippen molar-refractivity contribution in [1.29, 1.82) is 0 Å². The summed E-state index contributed by atoms with van der Waals surface area (Å²) >= 11 is 1.50. The lowest BCUT2D eigenvalue weighted by atomic mass is 10.1. The molecule has 10 heteroatoms. The van der Waals surface area contributed by atoms with Crippen molar-refractivity contribution < 1.29 is 27.2 Å². The zero-order valence-electron chi connectivity index (χ0n) is 16.3. The summed E-state index contributed by atoms with van der Waals surface area (Å²) in [5, 5.41) is 4.41. The number of amides is 1. The largest absolute Gasteiger partial charge is 0.450 e. The first-order chi connectivity index (χ1) is 14.9. The Kier molecular flexibility index (Phi) is 6.21. The molecule has 8 nitrogen and oxygen atoms in total. The molecule has 0 spiro atoms. The Morgan fingerprint density at radius 1 is 1.10 bits per heavy atom. The molecule has 0 radical (unpaired) electrons. The van der Waals surface area contributed by atoms with E-state index in [1.807, 2.05) is 47.8 Å². The second kappa shape index (κ2) is 9.04. The molecular weight excluding hydrogens is 440 g/mol. The van der Waals surface area contributed by atoms with Crippen LogP contribution in [0.4, 0.5) is 0 Å². The number of sulfonamides is 1. The van der Waals surface area contributed by atoms with Gasteiger partial charge in [0.2, 0.25) is 10.9 Å². The maximum absolute atomic E-state index is 12.4. The molecule has 1 aliphatic carbocycles. The summed E-state index contributed by atoms with van der Waals surface area (Å²) in [7, 11) is -3.82. The fourth-order valence-electron chi connectivity index (χ4n) is 2.88. The van der Waals surface area contributed by atoms with Crippen LogP contribution in [0.15, 0.2) is 69.5 Å². The quantitative estimate of drug-likeness (QED) is 0.475. The Bertz CT molecular complexity index is 1150. The molecule has 2 aromatic heterocycles. The molecule has 0 aliphatic heterocycles.